The topological polar surface area (TPSA) is 57.5 Å². The first-order valence-electron chi connectivity index (χ1n) is 8.55. The summed E-state index contributed by atoms with van der Waals surface area (Å²) in [5, 5.41) is 18.1. The largest absolute Gasteiger partial charge is 0.481 e. The molecule has 1 unspecified atom stereocenters. The molecular formula is C19H30O3. The summed E-state index contributed by atoms with van der Waals surface area (Å²) in [5.41, 5.74) is 0. The van der Waals surface area contributed by atoms with Gasteiger partial charge in [0.1, 0.15) is 6.10 Å². The second-order valence-electron chi connectivity index (χ2n) is 5.60. The van der Waals surface area contributed by atoms with E-state index in [0.717, 1.165) is 70.6 Å². The highest BCUT2D eigenvalue weighted by atomic mass is 16.4. The Hall–Kier alpha value is -1.45. The predicted octanol–water partition coefficient (Wildman–Crippen LogP) is 4.14. The first kappa shape index (κ1) is 20.6. The van der Waals surface area contributed by atoms with E-state index in [0.29, 0.717) is 0 Å². The fourth-order valence-corrected chi connectivity index (χ4v) is 2.08. The number of carbonyl (C=O) groups is 1. The molecule has 0 aliphatic heterocycles. The van der Waals surface area contributed by atoms with Crippen molar-refractivity contribution in [2.45, 2.75) is 90.1 Å². The molecule has 0 aromatic carbocycles. The van der Waals surface area contributed by atoms with Crippen molar-refractivity contribution in [3.05, 3.63) is 0 Å². The van der Waals surface area contributed by atoms with Gasteiger partial charge in [0, 0.05) is 12.8 Å². The molecule has 2 N–H and O–H groups in total. The monoisotopic (exact) mass is 306 g/mol. The molecule has 0 radical (unpaired) electrons. The lowest BCUT2D eigenvalue weighted by molar-refractivity contribution is -0.137. The van der Waals surface area contributed by atoms with Gasteiger partial charge in [-0.25, -0.2) is 0 Å². The summed E-state index contributed by atoms with van der Waals surface area (Å²) in [4.78, 5) is 10.3. The van der Waals surface area contributed by atoms with Gasteiger partial charge < -0.3 is 10.2 Å². The van der Waals surface area contributed by atoms with E-state index in [-0.39, 0.29) is 6.42 Å². The molecule has 3 heteroatoms. The molecule has 0 aliphatic rings. The average Bonchev–Trinajstić information content (AvgIpc) is 2.48. The van der Waals surface area contributed by atoms with Gasteiger partial charge in [-0.05, 0) is 37.5 Å². The summed E-state index contributed by atoms with van der Waals surface area (Å²) in [7, 11) is 0. The first-order chi connectivity index (χ1) is 10.7. The van der Waals surface area contributed by atoms with Crippen molar-refractivity contribution in [2.24, 2.45) is 0 Å². The van der Waals surface area contributed by atoms with E-state index in [1.165, 1.54) is 0 Å². The van der Waals surface area contributed by atoms with Crippen molar-refractivity contribution in [2.75, 3.05) is 0 Å². The number of aliphatic hydroxyl groups is 1. The molecule has 22 heavy (non-hydrogen) atoms. The minimum Gasteiger partial charge on any atom is -0.481 e. The Morgan fingerprint density at radius 3 is 2.32 bits per heavy atom. The molecule has 0 aromatic heterocycles. The first-order valence-corrected chi connectivity index (χ1v) is 8.55. The maximum Gasteiger partial charge on any atom is 0.303 e. The Balaban J connectivity index is 3.43. The molecular weight excluding hydrogens is 276 g/mol. The van der Waals surface area contributed by atoms with Crippen molar-refractivity contribution in [1.82, 2.24) is 0 Å². The minimum atomic E-state index is -0.702. The van der Waals surface area contributed by atoms with E-state index in [9.17, 15) is 9.90 Å². The van der Waals surface area contributed by atoms with Crippen molar-refractivity contribution >= 4 is 5.97 Å². The maximum absolute atomic E-state index is 10.3. The molecule has 0 aliphatic carbocycles. The second kappa shape index (κ2) is 15.9. The summed E-state index contributed by atoms with van der Waals surface area (Å²) in [6, 6.07) is 0. The van der Waals surface area contributed by atoms with E-state index < -0.39 is 12.1 Å². The van der Waals surface area contributed by atoms with Crippen LogP contribution in [0.1, 0.15) is 84.0 Å². The number of hydrogen-bond acceptors (Lipinski definition) is 2. The smallest absolute Gasteiger partial charge is 0.303 e. The number of aliphatic carboxylic acids is 1. The molecule has 1 atom stereocenters. The summed E-state index contributed by atoms with van der Waals surface area (Å²) in [5.74, 6) is 10.6. The fraction of sp³-hybridized carbons (Fsp3) is 0.737. The highest BCUT2D eigenvalue weighted by Crippen LogP contribution is 2.08. The standard InChI is InChI=1S/C19H30O3/c1-2-3-12-15-18(20)16-13-10-8-6-4-5-7-9-11-14-17-19(21)22/h18,20H,2-7,9,11-12,14-15,17H2,1H3,(H,21,22). The van der Waals surface area contributed by atoms with Crippen LogP contribution in [-0.4, -0.2) is 22.3 Å². The normalized spacial score (nSPS) is 11.0. The van der Waals surface area contributed by atoms with Crippen molar-refractivity contribution in [3.8, 4) is 23.7 Å². The molecule has 0 saturated carbocycles. The lowest BCUT2D eigenvalue weighted by atomic mass is 10.1. The van der Waals surface area contributed by atoms with Crippen LogP contribution in [0, 0.1) is 23.7 Å². The van der Waals surface area contributed by atoms with E-state index in [1.807, 2.05) is 0 Å². The zero-order valence-electron chi connectivity index (χ0n) is 13.9. The number of unbranched alkanes of at least 4 members (excludes halogenated alkanes) is 8. The Morgan fingerprint density at radius 2 is 1.64 bits per heavy atom. The zero-order valence-corrected chi connectivity index (χ0v) is 13.9. The van der Waals surface area contributed by atoms with Crippen molar-refractivity contribution in [1.29, 1.82) is 0 Å². The SMILES string of the molecule is CCCCCC(O)C#CC#CCCCCCCCCC(=O)O. The molecule has 3 nitrogen and oxygen atoms in total. The Bertz CT molecular complexity index is 392. The highest BCUT2D eigenvalue weighted by molar-refractivity contribution is 5.66. The average molecular weight is 306 g/mol. The second-order valence-corrected chi connectivity index (χ2v) is 5.60. The number of carboxylic acids is 1. The third kappa shape index (κ3) is 16.6. The van der Waals surface area contributed by atoms with E-state index >= 15 is 0 Å². The molecule has 0 heterocycles. The van der Waals surface area contributed by atoms with Gasteiger partial charge in [0.25, 0.3) is 0 Å². The zero-order chi connectivity index (χ0) is 16.5. The van der Waals surface area contributed by atoms with Gasteiger partial charge in [0.2, 0.25) is 0 Å². The van der Waals surface area contributed by atoms with Gasteiger partial charge in [0.05, 0.1) is 0 Å². The van der Waals surface area contributed by atoms with Gasteiger partial charge in [-0.3, -0.25) is 4.79 Å². The molecule has 0 amide bonds. The lowest BCUT2D eigenvalue weighted by Gasteiger charge is -2.00. The molecule has 0 saturated heterocycles. The van der Waals surface area contributed by atoms with Crippen LogP contribution in [0.15, 0.2) is 0 Å². The van der Waals surface area contributed by atoms with Gasteiger partial charge >= 0.3 is 5.97 Å². The Labute approximate surface area is 135 Å². The van der Waals surface area contributed by atoms with Crippen LogP contribution < -0.4 is 0 Å². The summed E-state index contributed by atoms with van der Waals surface area (Å²) >= 11 is 0. The van der Waals surface area contributed by atoms with Crippen molar-refractivity contribution < 1.29 is 15.0 Å². The molecule has 0 bridgehead atoms. The third-order valence-corrected chi connectivity index (χ3v) is 3.41. The van der Waals surface area contributed by atoms with Gasteiger partial charge in [-0.2, -0.15) is 0 Å². The third-order valence-electron chi connectivity index (χ3n) is 3.41. The molecule has 124 valence electrons. The number of hydrogen-bond donors (Lipinski definition) is 2. The quantitative estimate of drug-likeness (QED) is 0.421. The maximum atomic E-state index is 10.3. The Kier molecular flexibility index (Phi) is 14.9. The van der Waals surface area contributed by atoms with Gasteiger partial charge in [-0.15, -0.1) is 0 Å². The van der Waals surface area contributed by atoms with E-state index in [4.69, 9.17) is 5.11 Å². The van der Waals surface area contributed by atoms with Crippen LogP contribution in [0.5, 0.6) is 0 Å². The summed E-state index contributed by atoms with van der Waals surface area (Å²) in [6.07, 6.45) is 10.9. The molecule has 0 fully saturated rings. The molecule has 0 rings (SSSR count). The van der Waals surface area contributed by atoms with Crippen LogP contribution in [0.25, 0.3) is 0 Å². The van der Waals surface area contributed by atoms with E-state index in [2.05, 4.69) is 30.6 Å². The fourth-order valence-electron chi connectivity index (χ4n) is 2.08. The highest BCUT2D eigenvalue weighted by Gasteiger charge is 1.97. The van der Waals surface area contributed by atoms with Crippen LogP contribution in [0.2, 0.25) is 0 Å². The predicted molar refractivity (Wildman–Crippen MR) is 90.3 cm³/mol. The number of carboxylic acid groups (broad SMARTS) is 1. The van der Waals surface area contributed by atoms with Gasteiger partial charge in [-0.1, -0.05) is 57.3 Å². The van der Waals surface area contributed by atoms with Crippen LogP contribution in [-0.2, 0) is 4.79 Å². The van der Waals surface area contributed by atoms with Gasteiger partial charge in [0.15, 0.2) is 0 Å². The minimum absolute atomic E-state index is 0.286. The van der Waals surface area contributed by atoms with Crippen LogP contribution >= 0.6 is 0 Å². The number of rotatable bonds is 12. The van der Waals surface area contributed by atoms with Crippen molar-refractivity contribution in [3.63, 3.8) is 0 Å². The Morgan fingerprint density at radius 1 is 0.955 bits per heavy atom. The number of aliphatic hydroxyl groups excluding tert-OH is 1. The summed E-state index contributed by atoms with van der Waals surface area (Å²) in [6.45, 7) is 2.14. The summed E-state index contributed by atoms with van der Waals surface area (Å²) < 4.78 is 0. The molecule has 0 spiro atoms. The lowest BCUT2D eigenvalue weighted by Crippen LogP contribution is -2.01. The molecule has 0 aromatic rings. The van der Waals surface area contributed by atoms with Crippen LogP contribution in [0.4, 0.5) is 0 Å². The van der Waals surface area contributed by atoms with E-state index in [1.54, 1.807) is 0 Å². The van der Waals surface area contributed by atoms with Crippen LogP contribution in [0.3, 0.4) is 0 Å².